The predicted octanol–water partition coefficient (Wildman–Crippen LogP) is 1.62. The second kappa shape index (κ2) is 10.9. The van der Waals surface area contributed by atoms with Crippen molar-refractivity contribution >= 4 is 34.5 Å². The molecule has 34 heavy (non-hydrogen) atoms. The van der Waals surface area contributed by atoms with Gasteiger partial charge in [-0.15, -0.1) is 0 Å². The van der Waals surface area contributed by atoms with Gasteiger partial charge in [0.05, 0.1) is 18.7 Å². The normalized spacial score (nSPS) is 23.1. The Labute approximate surface area is 199 Å². The van der Waals surface area contributed by atoms with Crippen LogP contribution in [0, 0.1) is 0 Å². The van der Waals surface area contributed by atoms with Gasteiger partial charge in [-0.25, -0.2) is 4.79 Å². The monoisotopic (exact) mass is 553 g/mol. The van der Waals surface area contributed by atoms with E-state index in [1.807, 2.05) is 4.98 Å². The molecule has 2 heterocycles. The van der Waals surface area contributed by atoms with Gasteiger partial charge < -0.3 is 24.4 Å². The quantitative estimate of drug-likeness (QED) is 0.324. The van der Waals surface area contributed by atoms with E-state index in [0.717, 1.165) is 6.20 Å². The van der Waals surface area contributed by atoms with Gasteiger partial charge in [0.15, 0.2) is 6.23 Å². The van der Waals surface area contributed by atoms with Crippen LogP contribution in [-0.4, -0.2) is 68.2 Å². The van der Waals surface area contributed by atoms with E-state index in [2.05, 4.69) is 4.52 Å². The molecule has 0 bridgehead atoms. The van der Waals surface area contributed by atoms with Gasteiger partial charge in [-0.1, -0.05) is 11.6 Å². The molecule has 0 saturated carbocycles. The van der Waals surface area contributed by atoms with E-state index in [9.17, 15) is 42.3 Å². The summed E-state index contributed by atoms with van der Waals surface area (Å²) in [6, 6.07) is 0. The average molecular weight is 554 g/mol. The lowest BCUT2D eigenvalue weighted by atomic mass is 10.1. The highest BCUT2D eigenvalue weighted by atomic mass is 35.9. The number of nitrogens with one attached hydrogen (secondary N) is 1. The molecule has 17 heteroatoms. The summed E-state index contributed by atoms with van der Waals surface area (Å²) in [5, 5.41) is 20.4. The number of hydrogen-bond acceptors (Lipinski definition) is 8. The molecule has 2 rings (SSSR count). The molecular weight excluding hydrogens is 533 g/mol. The van der Waals surface area contributed by atoms with E-state index in [-0.39, 0.29) is 0 Å². The highest BCUT2D eigenvalue weighted by Crippen LogP contribution is 2.57. The minimum atomic E-state index is -5.22. The highest BCUT2D eigenvalue weighted by molar-refractivity contribution is 8.05. The summed E-state index contributed by atoms with van der Waals surface area (Å²) in [5.41, 5.74) is -2.01. The number of aromatic nitrogens is 2. The number of aliphatic hydroxyl groups is 2. The summed E-state index contributed by atoms with van der Waals surface area (Å²) < 4.78 is 60.9. The molecule has 0 aliphatic carbocycles. The Hall–Kier alpha value is -1.67. The molecule has 1 saturated heterocycles. The molecule has 1 aromatic rings. The highest BCUT2D eigenvalue weighted by Gasteiger charge is 2.45. The van der Waals surface area contributed by atoms with E-state index in [0.29, 0.717) is 15.0 Å². The van der Waals surface area contributed by atoms with Crippen molar-refractivity contribution in [2.24, 2.45) is 0 Å². The molecule has 1 amide bonds. The number of alkyl halides is 3. The summed E-state index contributed by atoms with van der Waals surface area (Å²) in [4.78, 5) is 38.6. The van der Waals surface area contributed by atoms with Crippen LogP contribution < -0.4 is 11.2 Å². The fourth-order valence-electron chi connectivity index (χ4n) is 2.98. The largest absolute Gasteiger partial charge is 0.471 e. The van der Waals surface area contributed by atoms with Gasteiger partial charge >= 0.3 is 23.8 Å². The molecule has 4 atom stereocenters. The molecular formula is C17H21Cl2F3N3O8P. The van der Waals surface area contributed by atoms with Crippen LogP contribution >= 0.6 is 28.6 Å². The van der Waals surface area contributed by atoms with Crippen molar-refractivity contribution in [2.45, 2.75) is 51.1 Å². The maximum Gasteiger partial charge on any atom is 0.471 e. The Morgan fingerprint density at radius 2 is 1.94 bits per heavy atom. The molecule has 0 unspecified atom stereocenters. The van der Waals surface area contributed by atoms with Crippen molar-refractivity contribution in [2.75, 3.05) is 13.2 Å². The SMILES string of the molecule is CC(C)=CCN(Cc1cn([C@@H]2O[C@H](COP(=O)(Cl)Cl)[C@H](O)[C@@H]2O)c(=O)[nH]c1=O)C(=O)C(F)(F)F. The molecule has 1 aliphatic heterocycles. The minimum Gasteiger partial charge on any atom is -0.387 e. The molecule has 0 aromatic carbocycles. The number of aromatic amines is 1. The van der Waals surface area contributed by atoms with Gasteiger partial charge in [0.2, 0.25) is 0 Å². The number of aliphatic hydroxyl groups excluding tert-OH is 2. The van der Waals surface area contributed by atoms with Gasteiger partial charge in [0.1, 0.15) is 18.3 Å². The second-order valence-electron chi connectivity index (χ2n) is 7.54. The average Bonchev–Trinajstić information content (AvgIpc) is 2.97. The standard InChI is InChI=1S/C17H21Cl2F3N3O8P/c1-8(2)3-4-24(15(29)17(20,21)22)5-9-6-25(16(30)23-13(9)28)14-12(27)11(26)10(33-14)7-32-34(18,19)31/h3,6,10-12,14,26-27H,4-5,7H2,1-2H3,(H,23,28,30)/t10-,11+,12+,14-/m1/s1. The van der Waals surface area contributed by atoms with Crippen molar-refractivity contribution < 1.29 is 42.0 Å². The molecule has 1 fully saturated rings. The van der Waals surface area contributed by atoms with Crippen LogP contribution in [0.2, 0.25) is 0 Å². The molecule has 1 aromatic heterocycles. The van der Waals surface area contributed by atoms with E-state index >= 15 is 0 Å². The van der Waals surface area contributed by atoms with Crippen LogP contribution in [0.3, 0.4) is 0 Å². The second-order valence-corrected chi connectivity index (χ2v) is 11.8. The first kappa shape index (κ1) is 28.6. The lowest BCUT2D eigenvalue weighted by Crippen LogP contribution is -2.43. The number of amides is 1. The fourth-order valence-corrected chi connectivity index (χ4v) is 3.64. The third-order valence-corrected chi connectivity index (χ3v) is 5.69. The number of hydrogen-bond donors (Lipinski definition) is 3. The number of nitrogens with zero attached hydrogens (tertiary/aromatic N) is 2. The van der Waals surface area contributed by atoms with E-state index in [1.165, 1.54) is 6.08 Å². The first-order valence-corrected chi connectivity index (χ1v) is 12.9. The molecule has 1 aliphatic rings. The van der Waals surface area contributed by atoms with Crippen LogP contribution in [-0.2, 0) is 25.2 Å². The zero-order valence-corrected chi connectivity index (χ0v) is 20.1. The predicted molar refractivity (Wildman–Crippen MR) is 113 cm³/mol. The van der Waals surface area contributed by atoms with Crippen LogP contribution in [0.4, 0.5) is 13.2 Å². The smallest absolute Gasteiger partial charge is 0.387 e. The topological polar surface area (TPSA) is 151 Å². The summed E-state index contributed by atoms with van der Waals surface area (Å²) >= 11 is 10.5. The lowest BCUT2D eigenvalue weighted by Gasteiger charge is -2.23. The number of allylic oxidation sites excluding steroid dienone is 1. The van der Waals surface area contributed by atoms with Crippen LogP contribution in [0.5, 0.6) is 0 Å². The van der Waals surface area contributed by atoms with Gasteiger partial charge in [-0.05, 0) is 36.3 Å². The maximum absolute atomic E-state index is 13.0. The van der Waals surface area contributed by atoms with E-state index in [1.54, 1.807) is 13.8 Å². The summed E-state index contributed by atoms with van der Waals surface area (Å²) in [6.07, 6.45) is -13.5. The zero-order valence-electron chi connectivity index (χ0n) is 17.7. The maximum atomic E-state index is 13.0. The number of halogens is 5. The molecule has 3 N–H and O–H groups in total. The Kier molecular flexibility index (Phi) is 9.19. The first-order valence-electron chi connectivity index (χ1n) is 9.50. The number of rotatable bonds is 8. The fraction of sp³-hybridized carbons (Fsp3) is 0.588. The van der Waals surface area contributed by atoms with Crippen LogP contribution in [0.25, 0.3) is 0 Å². The van der Waals surface area contributed by atoms with Gasteiger partial charge in [-0.2, -0.15) is 13.2 Å². The molecule has 11 nitrogen and oxygen atoms in total. The van der Waals surface area contributed by atoms with Crippen LogP contribution in [0.15, 0.2) is 27.4 Å². The first-order chi connectivity index (χ1) is 15.5. The van der Waals surface area contributed by atoms with Crippen molar-refractivity contribution in [1.29, 1.82) is 0 Å². The van der Waals surface area contributed by atoms with Crippen molar-refractivity contribution in [3.8, 4) is 0 Å². The summed E-state index contributed by atoms with van der Waals surface area (Å²) in [7, 11) is 0. The Morgan fingerprint density at radius 1 is 1.32 bits per heavy atom. The third kappa shape index (κ3) is 7.41. The zero-order chi connectivity index (χ0) is 26.0. The Morgan fingerprint density at radius 3 is 2.47 bits per heavy atom. The molecule has 192 valence electrons. The number of carbonyl (C=O) groups excluding carboxylic acids is 1. The van der Waals surface area contributed by atoms with E-state index < -0.39 is 79.2 Å². The van der Waals surface area contributed by atoms with Crippen molar-refractivity contribution in [1.82, 2.24) is 14.5 Å². The van der Waals surface area contributed by atoms with Crippen molar-refractivity contribution in [3.05, 3.63) is 44.2 Å². The Balaban J connectivity index is 2.37. The van der Waals surface area contributed by atoms with Crippen LogP contribution in [0.1, 0.15) is 25.6 Å². The van der Waals surface area contributed by atoms with Crippen molar-refractivity contribution in [3.63, 3.8) is 0 Å². The van der Waals surface area contributed by atoms with Gasteiger partial charge in [-0.3, -0.25) is 23.7 Å². The van der Waals surface area contributed by atoms with Gasteiger partial charge in [0.25, 0.3) is 5.56 Å². The number of carbonyl (C=O) groups is 1. The number of ether oxygens (including phenoxy) is 1. The summed E-state index contributed by atoms with van der Waals surface area (Å²) in [6.45, 7) is 1.25. The van der Waals surface area contributed by atoms with Gasteiger partial charge in [0, 0.05) is 12.7 Å². The Bertz CT molecular complexity index is 1100. The third-order valence-electron chi connectivity index (χ3n) is 4.65. The minimum absolute atomic E-state index is 0.349. The summed E-state index contributed by atoms with van der Waals surface area (Å²) in [5.74, 6) is -2.21. The molecule has 0 radical (unpaired) electrons. The number of H-pyrrole nitrogens is 1. The lowest BCUT2D eigenvalue weighted by molar-refractivity contribution is -0.185. The molecule has 0 spiro atoms. The van der Waals surface area contributed by atoms with E-state index in [4.69, 9.17) is 27.2 Å².